The molecular weight excluding hydrogens is 1360 g/mol. The Labute approximate surface area is 609 Å². The van der Waals surface area contributed by atoms with Crippen LogP contribution in [0, 0.1) is 13.8 Å². The van der Waals surface area contributed by atoms with Crippen molar-refractivity contribution in [2.24, 2.45) is 32.0 Å². The first-order valence-electron chi connectivity index (χ1n) is 33.3. The maximum absolute atomic E-state index is 12.5. The van der Waals surface area contributed by atoms with Crippen molar-refractivity contribution in [3.05, 3.63) is 275 Å². The van der Waals surface area contributed by atoms with E-state index >= 15 is 0 Å². The van der Waals surface area contributed by atoms with Crippen molar-refractivity contribution < 1.29 is 39.3 Å². The van der Waals surface area contributed by atoms with Gasteiger partial charge in [-0.3, -0.25) is 43.7 Å². The fourth-order valence-electron chi connectivity index (χ4n) is 11.7. The van der Waals surface area contributed by atoms with Crippen molar-refractivity contribution in [1.82, 2.24) is 34.9 Å². The fraction of sp³-hybridized carbons (Fsp3) is 0.125. The molecule has 0 spiro atoms. The first kappa shape index (κ1) is 70.2. The van der Waals surface area contributed by atoms with Gasteiger partial charge in [0.2, 0.25) is 0 Å². The van der Waals surface area contributed by atoms with Crippen LogP contribution in [0.4, 0.5) is 22.9 Å². The van der Waals surface area contributed by atoms with Gasteiger partial charge < -0.3 is 46.2 Å². The van der Waals surface area contributed by atoms with Gasteiger partial charge in [0.05, 0.1) is 55.0 Å². The number of nitrogens with zero attached hydrogens (tertiary/aromatic N) is 8. The van der Waals surface area contributed by atoms with E-state index in [2.05, 4.69) is 77.2 Å². The number of H-pyrrole nitrogens is 4. The predicted octanol–water partition coefficient (Wildman–Crippen LogP) is 15.3. The van der Waals surface area contributed by atoms with Crippen LogP contribution in [0.15, 0.2) is 213 Å². The number of hydrogen-bond acceptors (Lipinski definition) is 17. The molecule has 9 heterocycles. The molecule has 0 saturated carbocycles. The SMILES string of the molecule is CC(=O)c1ccc(C(=O)Nc2ccc(Cc3ccc4[nH]c(O)c(C=NC5=NCC=C5)c4c3)cc2)s1.CC(=O)c1ccc(C(=O)Nc2ccc(Cc3ccc4[nH]c(O)c(C=Nc5cc(C)[nH]n5)c4c3)cc2)s1.Cc1cc(C(=O)Nc2ccc(Cc3ccc4[nH]c(O)c(C=NC5=NCC=C5)c4c3)cc2)n(C)n1. The van der Waals surface area contributed by atoms with E-state index in [-0.39, 0.29) is 46.9 Å². The van der Waals surface area contributed by atoms with E-state index in [1.165, 1.54) is 36.5 Å². The van der Waals surface area contributed by atoms with Crippen LogP contribution >= 0.6 is 22.7 Å². The summed E-state index contributed by atoms with van der Waals surface area (Å²) in [4.78, 5) is 93.1. The summed E-state index contributed by atoms with van der Waals surface area (Å²) in [5.41, 5.74) is 15.2. The Kier molecular flexibility index (Phi) is 20.9. The summed E-state index contributed by atoms with van der Waals surface area (Å²) in [7, 11) is 1.75. The minimum atomic E-state index is -0.239. The van der Waals surface area contributed by atoms with Crippen LogP contribution in [0.25, 0.3) is 32.7 Å². The molecule has 10 N–H and O–H groups in total. The summed E-state index contributed by atoms with van der Waals surface area (Å²) in [5.74, 6) is 1.28. The molecule has 0 aliphatic carbocycles. The Bertz CT molecular complexity index is 5710. The summed E-state index contributed by atoms with van der Waals surface area (Å²) in [6.45, 7) is 8.00. The van der Waals surface area contributed by atoms with Gasteiger partial charge in [-0.2, -0.15) is 10.2 Å². The zero-order chi connectivity index (χ0) is 73.3. The van der Waals surface area contributed by atoms with Gasteiger partial charge in [0.1, 0.15) is 17.4 Å². The van der Waals surface area contributed by atoms with Crippen LogP contribution in [0.3, 0.4) is 0 Å². The van der Waals surface area contributed by atoms with E-state index < -0.39 is 0 Å². The second-order valence-electron chi connectivity index (χ2n) is 24.9. The summed E-state index contributed by atoms with van der Waals surface area (Å²) in [6, 6.07) is 51.4. The molecule has 0 saturated heterocycles. The predicted molar refractivity (Wildman–Crippen MR) is 417 cm³/mol. The average Bonchev–Trinajstić information content (AvgIpc) is 1.69. The fourth-order valence-corrected chi connectivity index (χ4v) is 13.3. The molecule has 0 unspecified atom stereocenters. The highest BCUT2D eigenvalue weighted by Crippen LogP contribution is 2.32. The van der Waals surface area contributed by atoms with Gasteiger partial charge in [-0.15, -0.1) is 22.7 Å². The highest BCUT2D eigenvalue weighted by atomic mass is 32.1. The normalized spacial score (nSPS) is 12.5. The van der Waals surface area contributed by atoms with Gasteiger partial charge in [-0.1, -0.05) is 66.7 Å². The number of benzene rings is 6. The quantitative estimate of drug-likeness (QED) is 0.0286. The molecule has 23 nitrogen and oxygen atoms in total. The number of fused-ring (bicyclic) bond motifs is 3. The molecular formula is C80H69N15O8S2. The monoisotopic (exact) mass is 1430 g/mol. The topological polar surface area (TPSA) is 338 Å². The number of aryl methyl sites for hydroxylation is 3. The maximum atomic E-state index is 12.5. The largest absolute Gasteiger partial charge is 0.494 e. The number of rotatable bonds is 18. The van der Waals surface area contributed by atoms with Crippen LogP contribution in [0.5, 0.6) is 17.6 Å². The number of anilines is 3. The summed E-state index contributed by atoms with van der Waals surface area (Å²) in [6.07, 6.45) is 14.6. The van der Waals surface area contributed by atoms with E-state index in [0.29, 0.717) is 103 Å². The highest BCUT2D eigenvalue weighted by molar-refractivity contribution is 7.16. The van der Waals surface area contributed by atoms with E-state index in [0.717, 1.165) is 83.2 Å². The molecule has 0 atom stereocenters. The number of carbonyl (C=O) groups is 5. The van der Waals surface area contributed by atoms with Crippen LogP contribution in [0.1, 0.15) is 124 Å². The third-order valence-corrected chi connectivity index (χ3v) is 19.4. The average molecular weight is 1430 g/mol. The van der Waals surface area contributed by atoms with Gasteiger partial charge in [0.25, 0.3) is 17.7 Å². The summed E-state index contributed by atoms with van der Waals surface area (Å²) < 4.78 is 1.57. The van der Waals surface area contributed by atoms with Crippen LogP contribution in [-0.2, 0) is 26.3 Å². The van der Waals surface area contributed by atoms with Crippen molar-refractivity contribution >= 4 is 138 Å². The van der Waals surface area contributed by atoms with Crippen molar-refractivity contribution in [1.29, 1.82) is 0 Å². The number of amides is 3. The Morgan fingerprint density at radius 1 is 0.476 bits per heavy atom. The minimum absolute atomic E-state index is 0.0498. The molecule has 3 amide bonds. The lowest BCUT2D eigenvalue weighted by Gasteiger charge is -2.07. The molecule has 2 aliphatic rings. The third kappa shape index (κ3) is 17.2. The highest BCUT2D eigenvalue weighted by Gasteiger charge is 2.18. The van der Waals surface area contributed by atoms with Crippen molar-refractivity contribution in [2.75, 3.05) is 29.0 Å². The number of hydrogen-bond donors (Lipinski definition) is 10. The third-order valence-electron chi connectivity index (χ3n) is 17.0. The van der Waals surface area contributed by atoms with Crippen LogP contribution in [0.2, 0.25) is 0 Å². The number of carbonyl (C=O) groups excluding carboxylic acids is 5. The van der Waals surface area contributed by atoms with Crippen molar-refractivity contribution in [3.8, 4) is 17.6 Å². The molecule has 0 fully saturated rings. The molecule has 15 rings (SSSR count). The molecule has 7 aromatic heterocycles. The number of Topliss-reactive ketones (excluding diaryl/α,β-unsaturated/α-hetero) is 2. The molecule has 0 bridgehead atoms. The Morgan fingerprint density at radius 2 is 0.848 bits per heavy atom. The lowest BCUT2D eigenvalue weighted by atomic mass is 10.0. The molecule has 0 radical (unpaired) electrons. The standard InChI is InChI=1S/C27H23N5O3S.C27H22N4O3S.C26H24N6O2/c1-15-11-25(32-31-15)28-14-21-20-13-18(5-8-22(20)30-26(21)34)12-17-3-6-19(7-4-17)29-27(35)24-10-9-23(36-24)16(2)33;1-16(32)23-10-11-24(35-23)27(34)30-19-7-4-17(5-8-19)13-18-6-9-22-20(14-18)21(26(33)31-22)15-29-25-3-2-12-28-25;1-16-12-23(32(2)31-16)26(34)29-19-8-5-17(6-9-19)13-18-7-10-22-20(14-18)21(25(33)30-22)15-28-24-4-3-11-27-24/h3-11,13-14,30,34H,12H2,1-2H3,(H,29,35)(H,31,32);2-11,14-15,31,33H,12-13H2,1H3,(H,30,34);3-10,12,14-15,30,33H,11,13H2,1-2H3,(H,29,34). The number of thiophene rings is 2. The Hall–Kier alpha value is -13.3. The van der Waals surface area contributed by atoms with Gasteiger partial charge in [0.15, 0.2) is 35.0 Å². The molecule has 25 heteroatoms. The number of nitrogens with one attached hydrogen (secondary N) is 7. The number of ketones is 2. The Morgan fingerprint density at radius 3 is 1.18 bits per heavy atom. The molecule has 13 aromatic rings. The lowest BCUT2D eigenvalue weighted by molar-refractivity contribution is 0.101. The Balaban J connectivity index is 0.000000140. The van der Waals surface area contributed by atoms with Gasteiger partial charge in [-0.05, 0) is 196 Å². The van der Waals surface area contributed by atoms with E-state index in [1.807, 2.05) is 166 Å². The second-order valence-corrected chi connectivity index (χ2v) is 27.1. The summed E-state index contributed by atoms with van der Waals surface area (Å²) >= 11 is 2.37. The lowest BCUT2D eigenvalue weighted by Crippen LogP contribution is -2.16. The van der Waals surface area contributed by atoms with E-state index in [4.69, 9.17) is 0 Å². The van der Waals surface area contributed by atoms with Crippen molar-refractivity contribution in [3.63, 3.8) is 0 Å². The number of aromatic amines is 4. The number of aromatic hydroxyl groups is 3. The second kappa shape index (κ2) is 31.3. The number of aliphatic imine (C=N–C) groups is 5. The van der Waals surface area contributed by atoms with Crippen LogP contribution < -0.4 is 16.0 Å². The molecule has 6 aromatic carbocycles. The zero-order valence-corrected chi connectivity index (χ0v) is 59.1. The van der Waals surface area contributed by atoms with Gasteiger partial charge >= 0.3 is 0 Å². The van der Waals surface area contributed by atoms with Crippen LogP contribution in [-0.4, -0.2) is 123 Å². The molecule has 2 aliphatic heterocycles. The maximum Gasteiger partial charge on any atom is 0.273 e. The minimum Gasteiger partial charge on any atom is -0.494 e. The zero-order valence-electron chi connectivity index (χ0n) is 57.4. The molecule has 524 valence electrons. The van der Waals surface area contributed by atoms with Gasteiger partial charge in [0, 0.05) is 87.2 Å². The smallest absolute Gasteiger partial charge is 0.273 e. The van der Waals surface area contributed by atoms with E-state index in [9.17, 15) is 39.3 Å². The summed E-state index contributed by atoms with van der Waals surface area (Å²) in [5, 5.41) is 53.5. The first-order valence-corrected chi connectivity index (χ1v) is 34.9. The molecule has 105 heavy (non-hydrogen) atoms. The van der Waals surface area contributed by atoms with Crippen molar-refractivity contribution in [2.45, 2.75) is 47.0 Å². The van der Waals surface area contributed by atoms with Gasteiger partial charge in [-0.25, -0.2) is 15.0 Å². The first-order chi connectivity index (χ1) is 50.8. The number of amidine groups is 2. The number of aromatic nitrogens is 7. The van der Waals surface area contributed by atoms with E-state index in [1.54, 1.807) is 60.7 Å².